The standard InChI is InChI=1S/C20H24N4O2/c1-12-9-19(25)24-17-8-7-16(10-18(17)23-12)20(26)22-11-14-3-5-15(6-4-14)13(2)21/h3-8,10,12-13,23H,9,11,21H2,1-2H3,(H,22,26)(H,24,25). The van der Waals surface area contributed by atoms with Crippen LogP contribution < -0.4 is 21.7 Å². The van der Waals surface area contributed by atoms with Crippen LogP contribution in [0.25, 0.3) is 0 Å². The van der Waals surface area contributed by atoms with E-state index >= 15 is 0 Å². The summed E-state index contributed by atoms with van der Waals surface area (Å²) in [5.74, 6) is -0.190. The third-order valence-electron chi connectivity index (χ3n) is 4.41. The minimum Gasteiger partial charge on any atom is -0.380 e. The van der Waals surface area contributed by atoms with E-state index in [4.69, 9.17) is 5.73 Å². The van der Waals surface area contributed by atoms with E-state index in [9.17, 15) is 9.59 Å². The molecule has 136 valence electrons. The van der Waals surface area contributed by atoms with Gasteiger partial charge in [0.15, 0.2) is 0 Å². The normalized spacial score (nSPS) is 17.3. The summed E-state index contributed by atoms with van der Waals surface area (Å²) in [6.07, 6.45) is 0.396. The van der Waals surface area contributed by atoms with Gasteiger partial charge >= 0.3 is 0 Å². The van der Waals surface area contributed by atoms with Crippen molar-refractivity contribution in [1.82, 2.24) is 5.32 Å². The second kappa shape index (κ2) is 7.58. The summed E-state index contributed by atoms with van der Waals surface area (Å²) in [6.45, 7) is 4.31. The van der Waals surface area contributed by atoms with E-state index in [-0.39, 0.29) is 23.9 Å². The van der Waals surface area contributed by atoms with Gasteiger partial charge in [-0.3, -0.25) is 9.59 Å². The van der Waals surface area contributed by atoms with Crippen molar-refractivity contribution in [2.24, 2.45) is 5.73 Å². The van der Waals surface area contributed by atoms with Crippen molar-refractivity contribution in [3.05, 3.63) is 59.2 Å². The molecular formula is C20H24N4O2. The van der Waals surface area contributed by atoms with Gasteiger partial charge in [-0.25, -0.2) is 0 Å². The van der Waals surface area contributed by atoms with Crippen LogP contribution in [0, 0.1) is 0 Å². The summed E-state index contributed by atoms with van der Waals surface area (Å²) in [5, 5.41) is 9.03. The zero-order chi connectivity index (χ0) is 18.7. The highest BCUT2D eigenvalue weighted by Crippen LogP contribution is 2.27. The molecule has 3 rings (SSSR count). The molecule has 0 aromatic heterocycles. The number of rotatable bonds is 4. The zero-order valence-corrected chi connectivity index (χ0v) is 15.0. The van der Waals surface area contributed by atoms with Crippen LogP contribution >= 0.6 is 0 Å². The molecule has 6 nitrogen and oxygen atoms in total. The number of carbonyl (C=O) groups excluding carboxylic acids is 2. The number of fused-ring (bicyclic) bond motifs is 1. The Balaban J connectivity index is 1.67. The van der Waals surface area contributed by atoms with Crippen molar-refractivity contribution >= 4 is 23.2 Å². The number of amides is 2. The molecule has 26 heavy (non-hydrogen) atoms. The van der Waals surface area contributed by atoms with Crippen molar-refractivity contribution in [3.8, 4) is 0 Å². The van der Waals surface area contributed by atoms with Crippen molar-refractivity contribution < 1.29 is 9.59 Å². The first-order chi connectivity index (χ1) is 12.4. The van der Waals surface area contributed by atoms with E-state index in [1.165, 1.54) is 0 Å². The predicted octanol–water partition coefficient (Wildman–Crippen LogP) is 2.78. The van der Waals surface area contributed by atoms with Crippen LogP contribution in [0.4, 0.5) is 11.4 Å². The third-order valence-corrected chi connectivity index (χ3v) is 4.41. The average Bonchev–Trinajstić information content (AvgIpc) is 2.75. The number of hydrogen-bond acceptors (Lipinski definition) is 4. The van der Waals surface area contributed by atoms with Crippen LogP contribution in [0.15, 0.2) is 42.5 Å². The smallest absolute Gasteiger partial charge is 0.251 e. The Kier molecular flexibility index (Phi) is 5.23. The third kappa shape index (κ3) is 4.21. The predicted molar refractivity (Wildman–Crippen MR) is 103 cm³/mol. The fourth-order valence-corrected chi connectivity index (χ4v) is 2.93. The monoisotopic (exact) mass is 352 g/mol. The zero-order valence-electron chi connectivity index (χ0n) is 15.0. The van der Waals surface area contributed by atoms with Gasteiger partial charge in [-0.2, -0.15) is 0 Å². The van der Waals surface area contributed by atoms with Gasteiger partial charge in [-0.05, 0) is 43.2 Å². The lowest BCUT2D eigenvalue weighted by atomic mass is 10.1. The van der Waals surface area contributed by atoms with Crippen LogP contribution in [0.2, 0.25) is 0 Å². The molecule has 1 heterocycles. The molecule has 0 bridgehead atoms. The number of carbonyl (C=O) groups is 2. The minimum atomic E-state index is -0.158. The van der Waals surface area contributed by atoms with Crippen LogP contribution in [0.3, 0.4) is 0 Å². The number of hydrogen-bond donors (Lipinski definition) is 4. The van der Waals surface area contributed by atoms with E-state index in [1.54, 1.807) is 18.2 Å². The van der Waals surface area contributed by atoms with Gasteiger partial charge in [-0.15, -0.1) is 0 Å². The Labute approximate surface area is 153 Å². The lowest BCUT2D eigenvalue weighted by molar-refractivity contribution is -0.116. The van der Waals surface area contributed by atoms with Crippen LogP contribution in [-0.2, 0) is 11.3 Å². The molecule has 0 saturated carbocycles. The SMILES string of the molecule is CC1CC(=O)Nc2ccc(C(=O)NCc3ccc(C(C)N)cc3)cc2N1. The molecule has 0 saturated heterocycles. The molecule has 0 spiro atoms. The fraction of sp³-hybridized carbons (Fsp3) is 0.300. The molecular weight excluding hydrogens is 328 g/mol. The van der Waals surface area contributed by atoms with Crippen LogP contribution in [-0.4, -0.2) is 17.9 Å². The molecule has 2 unspecified atom stereocenters. The lowest BCUT2D eigenvalue weighted by Gasteiger charge is -2.13. The van der Waals surface area contributed by atoms with E-state index in [0.717, 1.165) is 16.8 Å². The van der Waals surface area contributed by atoms with Gasteiger partial charge in [0.1, 0.15) is 0 Å². The van der Waals surface area contributed by atoms with E-state index in [0.29, 0.717) is 24.2 Å². The Morgan fingerprint density at radius 3 is 2.65 bits per heavy atom. The maximum absolute atomic E-state index is 12.5. The van der Waals surface area contributed by atoms with Crippen molar-refractivity contribution in [3.63, 3.8) is 0 Å². The molecule has 1 aliphatic rings. The summed E-state index contributed by atoms with van der Waals surface area (Å²) in [6, 6.07) is 13.1. The Morgan fingerprint density at radius 1 is 1.23 bits per heavy atom. The van der Waals surface area contributed by atoms with Gasteiger partial charge in [0.2, 0.25) is 5.91 Å². The van der Waals surface area contributed by atoms with E-state index in [2.05, 4.69) is 16.0 Å². The Morgan fingerprint density at radius 2 is 1.96 bits per heavy atom. The first-order valence-electron chi connectivity index (χ1n) is 8.75. The summed E-state index contributed by atoms with van der Waals surface area (Å²) < 4.78 is 0. The first-order valence-corrected chi connectivity index (χ1v) is 8.75. The first kappa shape index (κ1) is 17.9. The quantitative estimate of drug-likeness (QED) is 0.680. The molecule has 2 atom stereocenters. The summed E-state index contributed by atoms with van der Waals surface area (Å²) in [7, 11) is 0. The summed E-state index contributed by atoms with van der Waals surface area (Å²) in [4.78, 5) is 24.2. The molecule has 6 heteroatoms. The largest absolute Gasteiger partial charge is 0.380 e. The van der Waals surface area contributed by atoms with Gasteiger partial charge in [0, 0.05) is 30.6 Å². The van der Waals surface area contributed by atoms with Gasteiger partial charge in [0.05, 0.1) is 11.4 Å². The average molecular weight is 352 g/mol. The molecule has 5 N–H and O–H groups in total. The minimum absolute atomic E-state index is 0.00593. The molecule has 2 amide bonds. The molecule has 0 radical (unpaired) electrons. The van der Waals surface area contributed by atoms with E-state index in [1.807, 2.05) is 38.1 Å². The Bertz CT molecular complexity index is 815. The molecule has 2 aromatic carbocycles. The number of anilines is 2. The second-order valence-electron chi connectivity index (χ2n) is 6.77. The maximum atomic E-state index is 12.5. The van der Waals surface area contributed by atoms with Gasteiger partial charge in [-0.1, -0.05) is 24.3 Å². The Hall–Kier alpha value is -2.86. The molecule has 0 fully saturated rings. The second-order valence-corrected chi connectivity index (χ2v) is 6.77. The number of benzene rings is 2. The van der Waals surface area contributed by atoms with Crippen LogP contribution in [0.5, 0.6) is 0 Å². The fourth-order valence-electron chi connectivity index (χ4n) is 2.93. The van der Waals surface area contributed by atoms with Crippen molar-refractivity contribution in [2.75, 3.05) is 10.6 Å². The topological polar surface area (TPSA) is 96.2 Å². The number of nitrogens with one attached hydrogen (secondary N) is 3. The molecule has 2 aromatic rings. The number of nitrogens with two attached hydrogens (primary N) is 1. The lowest BCUT2D eigenvalue weighted by Crippen LogP contribution is -2.23. The summed E-state index contributed by atoms with van der Waals surface area (Å²) in [5.41, 5.74) is 9.92. The van der Waals surface area contributed by atoms with Gasteiger partial charge in [0.25, 0.3) is 5.91 Å². The molecule has 0 aliphatic carbocycles. The highest BCUT2D eigenvalue weighted by atomic mass is 16.2. The molecule has 1 aliphatic heterocycles. The summed E-state index contributed by atoms with van der Waals surface area (Å²) >= 11 is 0. The highest BCUT2D eigenvalue weighted by Gasteiger charge is 2.18. The maximum Gasteiger partial charge on any atom is 0.251 e. The van der Waals surface area contributed by atoms with Gasteiger partial charge < -0.3 is 21.7 Å². The highest BCUT2D eigenvalue weighted by molar-refractivity contribution is 6.00. The van der Waals surface area contributed by atoms with Crippen molar-refractivity contribution in [2.45, 2.75) is 38.9 Å². The van der Waals surface area contributed by atoms with Crippen molar-refractivity contribution in [1.29, 1.82) is 0 Å². The van der Waals surface area contributed by atoms with E-state index < -0.39 is 0 Å². The van der Waals surface area contributed by atoms with Crippen LogP contribution in [0.1, 0.15) is 47.8 Å².